The quantitative estimate of drug-likeness (QED) is 0.133. The number of para-hydroxylation sites is 1. The minimum absolute atomic E-state index is 0.00372. The monoisotopic (exact) mass is 1100 g/mol. The number of hydrogen-bond donors (Lipinski definition) is 0. The molecule has 0 radical (unpaired) electrons. The van der Waals surface area contributed by atoms with Crippen LogP contribution in [0.3, 0.4) is 0 Å². The molecule has 0 aromatic heterocycles. The summed E-state index contributed by atoms with van der Waals surface area (Å²) >= 11 is 8.46. The molecule has 0 atom stereocenters. The molecule has 0 aliphatic rings. The zero-order valence-electron chi connectivity index (χ0n) is 51.6. The van der Waals surface area contributed by atoms with Crippen molar-refractivity contribution in [1.29, 1.82) is 0 Å². The van der Waals surface area contributed by atoms with Crippen LogP contribution in [0.1, 0.15) is 132 Å². The van der Waals surface area contributed by atoms with Gasteiger partial charge in [0, 0.05) is 28.1 Å². The van der Waals surface area contributed by atoms with E-state index >= 15 is 0 Å². The number of halogens is 1. The second kappa shape index (κ2) is 21.4. The summed E-state index contributed by atoms with van der Waals surface area (Å²) in [7, 11) is 0. The van der Waals surface area contributed by atoms with Gasteiger partial charge in [-0.25, -0.2) is 0 Å². The Labute approximate surface area is 500 Å². The summed E-state index contributed by atoms with van der Waals surface area (Å²) < 4.78 is 0. The number of fused-ring (bicyclic) bond motifs is 6. The van der Waals surface area contributed by atoms with Crippen LogP contribution in [0.15, 0.2) is 218 Å². The average molecular weight is 1110 g/mol. The van der Waals surface area contributed by atoms with Gasteiger partial charge in [0.05, 0.1) is 27.8 Å². The fourth-order valence-corrected chi connectivity index (χ4v) is 12.2. The van der Waals surface area contributed by atoms with Gasteiger partial charge in [-0.1, -0.05) is 279 Å². The topological polar surface area (TPSA) is 6.48 Å². The van der Waals surface area contributed by atoms with Crippen LogP contribution < -0.4 is 9.80 Å². The molecule has 0 saturated carbocycles. The minimum atomic E-state index is -0.127. The number of hydrogen-bond acceptors (Lipinski definition) is 2. The molecule has 0 aliphatic carbocycles. The van der Waals surface area contributed by atoms with E-state index in [-0.39, 0.29) is 27.1 Å². The largest absolute Gasteiger partial charge is 0.308 e. The zero-order chi connectivity index (χ0) is 59.0. The lowest BCUT2D eigenvalue weighted by Crippen LogP contribution is -2.18. The Hall–Kier alpha value is -7.91. The van der Waals surface area contributed by atoms with E-state index in [1.807, 2.05) is 0 Å². The summed E-state index contributed by atoms with van der Waals surface area (Å²) in [6.45, 7) is 34.3. The summed E-state index contributed by atoms with van der Waals surface area (Å²) in [4.78, 5) is 4.84. The van der Waals surface area contributed by atoms with E-state index < -0.39 is 0 Å². The van der Waals surface area contributed by atoms with Crippen LogP contribution in [0, 0.1) is 0 Å². The van der Waals surface area contributed by atoms with Gasteiger partial charge in [-0.3, -0.25) is 0 Å². The first-order valence-electron chi connectivity index (χ1n) is 29.7. The Kier molecular flexibility index (Phi) is 14.7. The molecule has 11 rings (SSSR count). The van der Waals surface area contributed by atoms with Crippen LogP contribution in [0.2, 0.25) is 5.02 Å². The lowest BCUT2D eigenvalue weighted by Gasteiger charge is -2.34. The Morgan fingerprint density at radius 3 is 1.01 bits per heavy atom. The highest BCUT2D eigenvalue weighted by Gasteiger charge is 2.30. The van der Waals surface area contributed by atoms with Crippen LogP contribution in [0.4, 0.5) is 34.1 Å². The van der Waals surface area contributed by atoms with Crippen LogP contribution >= 0.6 is 11.6 Å². The molecule has 11 aromatic carbocycles. The number of rotatable bonds is 9. The molecule has 83 heavy (non-hydrogen) atoms. The van der Waals surface area contributed by atoms with E-state index in [0.29, 0.717) is 5.02 Å². The fourth-order valence-electron chi connectivity index (χ4n) is 11.9. The maximum absolute atomic E-state index is 8.46. The molecular formula is C80H81ClN2. The highest BCUT2D eigenvalue weighted by molar-refractivity contribution is 6.37. The molecule has 0 spiro atoms. The first-order valence-corrected chi connectivity index (χ1v) is 30.1. The highest BCUT2D eigenvalue weighted by Crippen LogP contribution is 2.53. The molecule has 11 aromatic rings. The first-order chi connectivity index (χ1) is 39.3. The summed E-state index contributed by atoms with van der Waals surface area (Å²) in [5, 5.41) is 8.12. The lowest BCUT2D eigenvalue weighted by atomic mass is 9.84. The van der Waals surface area contributed by atoms with E-state index in [2.05, 4.69) is 332 Å². The standard InChI is InChI=1S/C80H81ClN2/c1-76(2,3)55-35-30-52(31-36-55)62-26-20-27-63(53-32-37-56(38-33-53)77(4,5)6)75(62)83(61-46-41-58(42-47-61)79(10,11)12)73-29-21-28-72(74(73)81)82(60-44-39-57(40-45-60)78(7,8)9)71-49-43-59(80(13,14)15)51-69(71)54-34-48-68-66-24-17-16-22-64(66)65-23-18-19-25-67(65)70(68)50-54/h16-51H,1-15H3. The second-order valence-electron chi connectivity index (χ2n) is 28.1. The summed E-state index contributed by atoms with van der Waals surface area (Å²) in [5.41, 5.74) is 18.7. The van der Waals surface area contributed by atoms with Crippen LogP contribution in [-0.4, -0.2) is 0 Å². The van der Waals surface area contributed by atoms with Gasteiger partial charge in [0.1, 0.15) is 0 Å². The number of benzene rings is 11. The SMILES string of the molecule is CC(C)(C)c1ccc(-c2cccc(-c3ccc(C(C)(C)C)cc3)c2N(c2ccc(C(C)(C)C)cc2)c2cccc(N(c3ccc(C(C)(C)C)cc3)c3ccc(C(C)(C)C)cc3-c3ccc4c5ccccc5c5ccccc5c4c3)c2Cl)cc1. The maximum Gasteiger partial charge on any atom is 0.0887 e. The molecular weight excluding hydrogens is 1020 g/mol. The molecule has 0 aliphatic heterocycles. The molecule has 0 fully saturated rings. The van der Waals surface area contributed by atoms with Gasteiger partial charge in [-0.2, -0.15) is 0 Å². The van der Waals surface area contributed by atoms with Gasteiger partial charge in [-0.05, 0) is 158 Å². The maximum atomic E-state index is 8.46. The van der Waals surface area contributed by atoms with Crippen molar-refractivity contribution >= 4 is 78.0 Å². The molecule has 0 amide bonds. The van der Waals surface area contributed by atoms with E-state index in [0.717, 1.165) is 67.5 Å². The molecule has 2 nitrogen and oxygen atoms in total. The molecule has 0 unspecified atom stereocenters. The van der Waals surface area contributed by atoms with Crippen LogP contribution in [-0.2, 0) is 27.1 Å². The van der Waals surface area contributed by atoms with Gasteiger partial charge in [0.2, 0.25) is 0 Å². The van der Waals surface area contributed by atoms with Gasteiger partial charge < -0.3 is 9.80 Å². The Balaban J connectivity index is 1.21. The third-order valence-corrected chi connectivity index (χ3v) is 17.4. The van der Waals surface area contributed by atoms with E-state index in [9.17, 15) is 0 Å². The van der Waals surface area contributed by atoms with Crippen molar-refractivity contribution in [2.75, 3.05) is 9.80 Å². The van der Waals surface area contributed by atoms with Gasteiger partial charge in [0.25, 0.3) is 0 Å². The van der Waals surface area contributed by atoms with Crippen molar-refractivity contribution in [3.8, 4) is 33.4 Å². The average Bonchev–Trinajstić information content (AvgIpc) is 2.29. The predicted octanol–water partition coefficient (Wildman–Crippen LogP) is 24.2. The third kappa shape index (κ3) is 11.1. The zero-order valence-corrected chi connectivity index (χ0v) is 52.3. The lowest BCUT2D eigenvalue weighted by molar-refractivity contribution is 0.590. The van der Waals surface area contributed by atoms with E-state index in [1.165, 1.54) is 60.1 Å². The van der Waals surface area contributed by atoms with Crippen molar-refractivity contribution in [3.05, 3.63) is 251 Å². The highest BCUT2D eigenvalue weighted by atomic mass is 35.5. The van der Waals surface area contributed by atoms with Crippen LogP contribution in [0.25, 0.3) is 65.7 Å². The molecule has 0 saturated heterocycles. The predicted molar refractivity (Wildman–Crippen MR) is 363 cm³/mol. The van der Waals surface area contributed by atoms with Gasteiger partial charge >= 0.3 is 0 Å². The fraction of sp³-hybridized carbons (Fsp3) is 0.250. The number of anilines is 6. The normalized spacial score (nSPS) is 12.6. The van der Waals surface area contributed by atoms with Crippen molar-refractivity contribution in [3.63, 3.8) is 0 Å². The van der Waals surface area contributed by atoms with Gasteiger partial charge in [0.15, 0.2) is 0 Å². The van der Waals surface area contributed by atoms with E-state index in [4.69, 9.17) is 11.6 Å². The third-order valence-electron chi connectivity index (χ3n) is 17.0. The summed E-state index contributed by atoms with van der Waals surface area (Å²) in [6.07, 6.45) is 0. The van der Waals surface area contributed by atoms with E-state index in [1.54, 1.807) is 0 Å². The van der Waals surface area contributed by atoms with Crippen molar-refractivity contribution < 1.29 is 0 Å². The van der Waals surface area contributed by atoms with Crippen molar-refractivity contribution in [2.45, 2.75) is 131 Å². The molecule has 418 valence electrons. The van der Waals surface area contributed by atoms with Crippen LogP contribution in [0.5, 0.6) is 0 Å². The Bertz CT molecular complexity index is 4070. The minimum Gasteiger partial charge on any atom is -0.308 e. The molecule has 0 heterocycles. The van der Waals surface area contributed by atoms with Crippen molar-refractivity contribution in [1.82, 2.24) is 0 Å². The van der Waals surface area contributed by atoms with Crippen molar-refractivity contribution in [2.24, 2.45) is 0 Å². The molecule has 0 N–H and O–H groups in total. The summed E-state index contributed by atoms with van der Waals surface area (Å²) in [5.74, 6) is 0. The number of nitrogens with zero attached hydrogens (tertiary/aromatic N) is 2. The molecule has 3 heteroatoms. The Morgan fingerprint density at radius 1 is 0.253 bits per heavy atom. The molecule has 0 bridgehead atoms. The summed E-state index contributed by atoms with van der Waals surface area (Å²) in [6, 6.07) is 82.0. The first kappa shape index (κ1) is 56.9. The second-order valence-corrected chi connectivity index (χ2v) is 28.4. The van der Waals surface area contributed by atoms with Gasteiger partial charge in [-0.15, -0.1) is 0 Å². The smallest absolute Gasteiger partial charge is 0.0887 e. The Morgan fingerprint density at radius 2 is 0.590 bits per heavy atom.